The van der Waals surface area contributed by atoms with Gasteiger partial charge in [-0.05, 0) is 49.8 Å². The number of hydrogen-bond donors (Lipinski definition) is 1. The Kier molecular flexibility index (Phi) is 5.49. The van der Waals surface area contributed by atoms with Crippen LogP contribution in [0.5, 0.6) is 0 Å². The number of fused-ring (bicyclic) bond motifs is 1. The number of nitrogens with one attached hydrogen (secondary N) is 1. The second kappa shape index (κ2) is 8.54. The van der Waals surface area contributed by atoms with Crippen LogP contribution in [0.2, 0.25) is 0 Å². The molecule has 1 spiro atoms. The summed E-state index contributed by atoms with van der Waals surface area (Å²) in [6.45, 7) is 9.30. The zero-order chi connectivity index (χ0) is 23.3. The molecular formula is C27H33N5OS. The summed E-state index contributed by atoms with van der Waals surface area (Å²) < 4.78 is 1.22. The van der Waals surface area contributed by atoms with Gasteiger partial charge >= 0.3 is 6.03 Å². The van der Waals surface area contributed by atoms with E-state index >= 15 is 0 Å². The number of rotatable bonds is 4. The first-order chi connectivity index (χ1) is 16.5. The van der Waals surface area contributed by atoms with Crippen molar-refractivity contribution < 1.29 is 4.79 Å². The van der Waals surface area contributed by atoms with E-state index in [1.54, 1.807) is 11.3 Å². The molecule has 3 aliphatic rings. The summed E-state index contributed by atoms with van der Waals surface area (Å²) in [6, 6.07) is 19.7. The number of carbonyl (C=O) groups excluding carboxylic acids is 1. The Morgan fingerprint density at radius 3 is 2.41 bits per heavy atom. The summed E-state index contributed by atoms with van der Waals surface area (Å²) in [4.78, 5) is 25.0. The van der Waals surface area contributed by atoms with Gasteiger partial charge in [-0.3, -0.25) is 4.90 Å². The molecule has 2 saturated heterocycles. The van der Waals surface area contributed by atoms with Crippen LogP contribution in [-0.2, 0) is 6.54 Å². The molecular weight excluding hydrogens is 442 g/mol. The number of para-hydroxylation sites is 1. The Bertz CT molecular complexity index is 1120. The molecule has 1 aromatic heterocycles. The van der Waals surface area contributed by atoms with Crippen LogP contribution in [0.15, 0.2) is 54.6 Å². The molecule has 1 saturated carbocycles. The third kappa shape index (κ3) is 4.05. The lowest BCUT2D eigenvalue weighted by molar-refractivity contribution is -0.0812. The van der Waals surface area contributed by atoms with Gasteiger partial charge in [-0.1, -0.05) is 53.8 Å². The number of anilines is 1. The number of carbonyl (C=O) groups is 1. The first-order valence-corrected chi connectivity index (χ1v) is 13.3. The normalized spacial score (nSPS) is 24.8. The molecule has 6 nitrogen and oxygen atoms in total. The fraction of sp³-hybridized carbons (Fsp3) is 0.481. The zero-order valence-electron chi connectivity index (χ0n) is 20.0. The number of benzene rings is 2. The highest BCUT2D eigenvalue weighted by Gasteiger charge is 2.52. The molecule has 0 unspecified atom stereocenters. The van der Waals surface area contributed by atoms with Crippen molar-refractivity contribution in [3.05, 3.63) is 60.2 Å². The maximum absolute atomic E-state index is 13.2. The highest BCUT2D eigenvalue weighted by atomic mass is 32.1. The molecule has 34 heavy (non-hydrogen) atoms. The molecule has 3 heterocycles. The van der Waals surface area contributed by atoms with Crippen molar-refractivity contribution in [2.45, 2.75) is 51.4 Å². The summed E-state index contributed by atoms with van der Waals surface area (Å²) in [7, 11) is 0. The number of urea groups is 1. The topological polar surface area (TPSA) is 51.7 Å². The van der Waals surface area contributed by atoms with Crippen LogP contribution >= 0.6 is 11.3 Å². The van der Waals surface area contributed by atoms with Crippen LogP contribution in [0, 0.1) is 5.41 Å². The maximum atomic E-state index is 13.2. The Hall–Kier alpha value is -2.64. The summed E-state index contributed by atoms with van der Waals surface area (Å²) in [5.41, 5.74) is 2.87. The molecule has 7 heteroatoms. The third-order valence-electron chi connectivity index (χ3n) is 7.76. The van der Waals surface area contributed by atoms with E-state index in [0.29, 0.717) is 11.5 Å². The molecule has 3 fully saturated rings. The molecule has 2 amide bonds. The molecule has 6 rings (SSSR count). The second-order valence-corrected chi connectivity index (χ2v) is 11.7. The van der Waals surface area contributed by atoms with E-state index in [2.05, 4.69) is 82.4 Å². The first-order valence-electron chi connectivity index (χ1n) is 12.4. The molecule has 178 valence electrons. The van der Waals surface area contributed by atoms with Crippen molar-refractivity contribution in [3.63, 3.8) is 0 Å². The van der Waals surface area contributed by atoms with Crippen LogP contribution in [0.3, 0.4) is 0 Å². The van der Waals surface area contributed by atoms with Crippen molar-refractivity contribution in [2.24, 2.45) is 5.41 Å². The quantitative estimate of drug-likeness (QED) is 0.601. The zero-order valence-corrected chi connectivity index (χ0v) is 20.8. The molecule has 2 atom stereocenters. The van der Waals surface area contributed by atoms with Crippen molar-refractivity contribution >= 4 is 32.7 Å². The van der Waals surface area contributed by atoms with Gasteiger partial charge in [0.25, 0.3) is 0 Å². The highest BCUT2D eigenvalue weighted by Crippen LogP contribution is 2.48. The van der Waals surface area contributed by atoms with Gasteiger partial charge in [0.15, 0.2) is 5.13 Å². The Labute approximate surface area is 205 Å². The lowest BCUT2D eigenvalue weighted by Gasteiger charge is -2.59. The summed E-state index contributed by atoms with van der Waals surface area (Å²) in [6.07, 6.45) is 2.22. The molecule has 2 aliphatic heterocycles. The second-order valence-electron chi connectivity index (χ2n) is 10.7. The van der Waals surface area contributed by atoms with Crippen molar-refractivity contribution in [2.75, 3.05) is 31.1 Å². The van der Waals surface area contributed by atoms with Crippen molar-refractivity contribution in [1.82, 2.24) is 20.1 Å². The molecule has 0 radical (unpaired) electrons. The Morgan fingerprint density at radius 1 is 1.03 bits per heavy atom. The number of aromatic nitrogens is 1. The lowest BCUT2D eigenvalue weighted by Crippen LogP contribution is -2.68. The van der Waals surface area contributed by atoms with Crippen LogP contribution in [0.1, 0.15) is 32.3 Å². The smallest absolute Gasteiger partial charge is 0.318 e. The average Bonchev–Trinajstić information content (AvgIpc) is 3.21. The van der Waals surface area contributed by atoms with Gasteiger partial charge in [-0.2, -0.15) is 0 Å². The minimum absolute atomic E-state index is 0.101. The highest BCUT2D eigenvalue weighted by molar-refractivity contribution is 7.22. The van der Waals surface area contributed by atoms with E-state index in [9.17, 15) is 4.79 Å². The standard InChI is InChI=1S/C27H33N5OS/c1-19-14-31(26-29-23-10-6-7-11-24(23)34-26)15-20(2)32(19)25(33)28-22-12-27(13-22)17-30(18-27)16-21-8-4-3-5-9-21/h3-11,19-20,22H,12-18H2,1-2H3,(H,28,33)/t19-,20-/m1/s1. The molecule has 1 aliphatic carbocycles. The molecule has 2 aromatic carbocycles. The van der Waals surface area contributed by atoms with Crippen LogP contribution in [-0.4, -0.2) is 65.1 Å². The summed E-state index contributed by atoms with van der Waals surface area (Å²) in [5.74, 6) is 0. The van der Waals surface area contributed by atoms with Crippen LogP contribution < -0.4 is 10.2 Å². The molecule has 1 N–H and O–H groups in total. The largest absolute Gasteiger partial charge is 0.344 e. The molecule has 0 bridgehead atoms. The predicted octanol–water partition coefficient (Wildman–Crippen LogP) is 4.57. The van der Waals surface area contributed by atoms with Gasteiger partial charge in [-0.25, -0.2) is 9.78 Å². The monoisotopic (exact) mass is 475 g/mol. The number of thiazole rings is 1. The average molecular weight is 476 g/mol. The van der Waals surface area contributed by atoms with Crippen molar-refractivity contribution in [3.8, 4) is 0 Å². The van der Waals surface area contributed by atoms with E-state index < -0.39 is 0 Å². The van der Waals surface area contributed by atoms with Gasteiger partial charge in [0.05, 0.1) is 10.2 Å². The number of likely N-dealkylation sites (tertiary alicyclic amines) is 1. The van der Waals surface area contributed by atoms with Crippen LogP contribution in [0.25, 0.3) is 10.2 Å². The molecule has 3 aromatic rings. The Balaban J connectivity index is 1.00. The lowest BCUT2D eigenvalue weighted by atomic mass is 9.60. The van der Waals surface area contributed by atoms with Crippen LogP contribution in [0.4, 0.5) is 9.93 Å². The van der Waals surface area contributed by atoms with Gasteiger partial charge in [0, 0.05) is 50.8 Å². The van der Waals surface area contributed by atoms with E-state index in [1.165, 1.54) is 10.3 Å². The van der Waals surface area contributed by atoms with Crippen molar-refractivity contribution in [1.29, 1.82) is 0 Å². The van der Waals surface area contributed by atoms with Gasteiger partial charge in [-0.15, -0.1) is 0 Å². The Morgan fingerprint density at radius 2 is 1.71 bits per heavy atom. The van der Waals surface area contributed by atoms with Gasteiger partial charge in [0.1, 0.15) is 0 Å². The van der Waals surface area contributed by atoms with Gasteiger partial charge in [0.2, 0.25) is 0 Å². The maximum Gasteiger partial charge on any atom is 0.318 e. The number of hydrogen-bond acceptors (Lipinski definition) is 5. The summed E-state index contributed by atoms with van der Waals surface area (Å²) in [5, 5.41) is 4.41. The first kappa shape index (κ1) is 21.9. The minimum Gasteiger partial charge on any atom is -0.344 e. The van der Waals surface area contributed by atoms with E-state index in [1.807, 2.05) is 6.07 Å². The van der Waals surface area contributed by atoms with Gasteiger partial charge < -0.3 is 15.1 Å². The van der Waals surface area contributed by atoms with E-state index in [-0.39, 0.29) is 18.1 Å². The number of nitrogens with zero attached hydrogens (tertiary/aromatic N) is 4. The predicted molar refractivity (Wildman–Crippen MR) is 138 cm³/mol. The number of amides is 2. The van der Waals surface area contributed by atoms with E-state index in [4.69, 9.17) is 4.98 Å². The third-order valence-corrected chi connectivity index (χ3v) is 8.86. The SMILES string of the molecule is C[C@@H]1CN(c2nc3ccccc3s2)C[C@@H](C)N1C(=O)NC1CC2(C1)CN(Cc1ccccc1)C2. The fourth-order valence-electron chi connectivity index (χ4n) is 6.33. The summed E-state index contributed by atoms with van der Waals surface area (Å²) >= 11 is 1.74. The number of piperazine rings is 1. The minimum atomic E-state index is 0.101. The van der Waals surface area contributed by atoms with E-state index in [0.717, 1.165) is 56.2 Å². The fourth-order valence-corrected chi connectivity index (χ4v) is 7.31.